The van der Waals surface area contributed by atoms with Crippen LogP contribution in [0, 0.1) is 0 Å². The second-order valence-electron chi connectivity index (χ2n) is 1.42. The minimum Gasteiger partial charge on any atom is -0.396 e. The Hall–Kier alpha value is -0.0800. The van der Waals surface area contributed by atoms with Gasteiger partial charge in [0.25, 0.3) is 0 Å². The third-order valence-electron chi connectivity index (χ3n) is 0.757. The van der Waals surface area contributed by atoms with Crippen molar-refractivity contribution in [2.75, 3.05) is 20.3 Å². The van der Waals surface area contributed by atoms with Crippen LogP contribution in [0.1, 0.15) is 20.3 Å². The average Bonchev–Trinajstić information content (AvgIpc) is 1.69. The second-order valence-corrected chi connectivity index (χ2v) is 1.42. The highest BCUT2D eigenvalue weighted by Gasteiger charge is 1.80. The van der Waals surface area contributed by atoms with E-state index in [1.807, 2.05) is 0 Å². The molecule has 52 valence electrons. The molecule has 0 saturated heterocycles. The number of unbranched alkanes of at least 4 members (excludes halogenated alkanes) is 1. The van der Waals surface area contributed by atoms with E-state index in [1.165, 1.54) is 0 Å². The summed E-state index contributed by atoms with van der Waals surface area (Å²) in [7, 11) is 1.66. The largest absolute Gasteiger partial charge is 0.396 e. The van der Waals surface area contributed by atoms with Gasteiger partial charge in [-0.2, -0.15) is 0 Å². The van der Waals surface area contributed by atoms with Crippen molar-refractivity contribution in [1.29, 1.82) is 0 Å². The summed E-state index contributed by atoms with van der Waals surface area (Å²) in [5.41, 5.74) is 0. The van der Waals surface area contributed by atoms with Crippen molar-refractivity contribution in [2.45, 2.75) is 20.3 Å². The molecule has 8 heavy (non-hydrogen) atoms. The number of hydrogen-bond acceptors (Lipinski definition) is 2. The maximum Gasteiger partial charge on any atom is 0.0463 e. The normalized spacial score (nSPS) is 8.25. The molecule has 0 radical (unpaired) electrons. The molecule has 0 aliphatic heterocycles. The predicted molar refractivity (Wildman–Crippen MR) is 34.9 cm³/mol. The minimum absolute atomic E-state index is 0. The fraction of sp³-hybridized carbons (Fsp3) is 1.00. The van der Waals surface area contributed by atoms with Crippen molar-refractivity contribution in [3.05, 3.63) is 0 Å². The van der Waals surface area contributed by atoms with Crippen LogP contribution >= 0.6 is 0 Å². The highest BCUT2D eigenvalue weighted by molar-refractivity contribution is 4.32. The van der Waals surface area contributed by atoms with E-state index in [4.69, 9.17) is 9.84 Å². The Kier molecular flexibility index (Phi) is 13.6. The zero-order chi connectivity index (χ0) is 5.54. The molecule has 0 spiro atoms. The van der Waals surface area contributed by atoms with Crippen LogP contribution in [0.15, 0.2) is 0 Å². The van der Waals surface area contributed by atoms with Crippen molar-refractivity contribution in [1.82, 2.24) is 0 Å². The van der Waals surface area contributed by atoms with E-state index in [-0.39, 0.29) is 14.0 Å². The highest BCUT2D eigenvalue weighted by atomic mass is 16.5. The van der Waals surface area contributed by atoms with Crippen LogP contribution in [-0.4, -0.2) is 25.4 Å². The molecule has 0 aromatic heterocycles. The van der Waals surface area contributed by atoms with Crippen molar-refractivity contribution < 1.29 is 9.84 Å². The van der Waals surface area contributed by atoms with Crippen molar-refractivity contribution in [3.8, 4) is 0 Å². The lowest BCUT2D eigenvalue weighted by Gasteiger charge is -1.92. The maximum atomic E-state index is 8.24. The first-order valence-electron chi connectivity index (χ1n) is 2.51. The molecule has 0 unspecified atom stereocenters. The lowest BCUT2D eigenvalue weighted by atomic mass is 10.3. The fourth-order valence-corrected chi connectivity index (χ4v) is 0.358. The molecule has 0 aliphatic carbocycles. The summed E-state index contributed by atoms with van der Waals surface area (Å²) < 4.78 is 4.73. The third-order valence-corrected chi connectivity index (χ3v) is 0.757. The van der Waals surface area contributed by atoms with Crippen LogP contribution in [0.4, 0.5) is 0 Å². The van der Waals surface area contributed by atoms with Gasteiger partial charge in [-0.1, -0.05) is 7.43 Å². The average molecular weight is 120 g/mol. The molecule has 0 aliphatic rings. The number of hydrogen-bond donors (Lipinski definition) is 1. The molecule has 1 N–H and O–H groups in total. The van der Waals surface area contributed by atoms with Crippen molar-refractivity contribution in [3.63, 3.8) is 0 Å². The van der Waals surface area contributed by atoms with Gasteiger partial charge in [-0.3, -0.25) is 0 Å². The molecule has 0 fully saturated rings. The van der Waals surface area contributed by atoms with E-state index in [2.05, 4.69) is 0 Å². The zero-order valence-corrected chi connectivity index (χ0v) is 4.68. The van der Waals surface area contributed by atoms with Crippen LogP contribution in [0.5, 0.6) is 0 Å². The molecule has 0 atom stereocenters. The second kappa shape index (κ2) is 10.0. The van der Waals surface area contributed by atoms with Crippen molar-refractivity contribution in [2.24, 2.45) is 0 Å². The first-order chi connectivity index (χ1) is 3.41. The Bertz CT molecular complexity index is 25.7. The van der Waals surface area contributed by atoms with Gasteiger partial charge in [-0.05, 0) is 12.8 Å². The van der Waals surface area contributed by atoms with Gasteiger partial charge >= 0.3 is 0 Å². The molecular formula is C6H16O2. The molecule has 0 aromatic carbocycles. The molecule has 2 heteroatoms. The SMILES string of the molecule is C.COCCCCO. The number of aliphatic hydroxyl groups excluding tert-OH is 1. The monoisotopic (exact) mass is 120 g/mol. The van der Waals surface area contributed by atoms with Gasteiger partial charge in [0.05, 0.1) is 0 Å². The number of methoxy groups -OCH3 is 1. The summed E-state index contributed by atoms with van der Waals surface area (Å²) in [5, 5.41) is 8.24. The van der Waals surface area contributed by atoms with E-state index in [0.717, 1.165) is 19.4 Å². The first kappa shape index (κ1) is 10.8. The van der Waals surface area contributed by atoms with Gasteiger partial charge in [-0.15, -0.1) is 0 Å². The lowest BCUT2D eigenvalue weighted by molar-refractivity contribution is 0.181. The van der Waals surface area contributed by atoms with Gasteiger partial charge in [0.1, 0.15) is 0 Å². The topological polar surface area (TPSA) is 29.5 Å². The van der Waals surface area contributed by atoms with Gasteiger partial charge in [0.15, 0.2) is 0 Å². The van der Waals surface area contributed by atoms with Crippen LogP contribution in [0.3, 0.4) is 0 Å². The molecule has 0 aromatic rings. The van der Waals surface area contributed by atoms with Gasteiger partial charge < -0.3 is 9.84 Å². The van der Waals surface area contributed by atoms with Gasteiger partial charge in [0.2, 0.25) is 0 Å². The van der Waals surface area contributed by atoms with Gasteiger partial charge in [0, 0.05) is 20.3 Å². The predicted octanol–water partition coefficient (Wildman–Crippen LogP) is 1.04. The van der Waals surface area contributed by atoms with Crippen LogP contribution in [0.25, 0.3) is 0 Å². The van der Waals surface area contributed by atoms with Gasteiger partial charge in [-0.25, -0.2) is 0 Å². The maximum absolute atomic E-state index is 8.24. The van der Waals surface area contributed by atoms with E-state index in [0.29, 0.717) is 0 Å². The molecule has 0 bridgehead atoms. The number of aliphatic hydroxyl groups is 1. The van der Waals surface area contributed by atoms with Crippen LogP contribution < -0.4 is 0 Å². The Morgan fingerprint density at radius 2 is 2.00 bits per heavy atom. The van der Waals surface area contributed by atoms with Crippen LogP contribution in [0.2, 0.25) is 0 Å². The number of rotatable bonds is 4. The standard InChI is InChI=1S/C5H12O2.CH4/c1-7-5-3-2-4-6;/h6H,2-5H2,1H3;1H4. The molecular weight excluding hydrogens is 104 g/mol. The summed E-state index contributed by atoms with van der Waals surface area (Å²) in [6.07, 6.45) is 1.82. The fourth-order valence-electron chi connectivity index (χ4n) is 0.358. The van der Waals surface area contributed by atoms with E-state index in [1.54, 1.807) is 7.11 Å². The summed E-state index contributed by atoms with van der Waals surface area (Å²) in [6.45, 7) is 1.05. The molecule has 2 nitrogen and oxygen atoms in total. The van der Waals surface area contributed by atoms with Crippen molar-refractivity contribution >= 4 is 0 Å². The Morgan fingerprint density at radius 1 is 1.38 bits per heavy atom. The quantitative estimate of drug-likeness (QED) is 0.562. The van der Waals surface area contributed by atoms with Crippen LogP contribution in [-0.2, 0) is 4.74 Å². The third kappa shape index (κ3) is 9.33. The minimum atomic E-state index is 0. The van der Waals surface area contributed by atoms with E-state index in [9.17, 15) is 0 Å². The van der Waals surface area contributed by atoms with E-state index < -0.39 is 0 Å². The summed E-state index contributed by atoms with van der Waals surface area (Å²) in [5.74, 6) is 0. The zero-order valence-electron chi connectivity index (χ0n) is 4.68. The first-order valence-corrected chi connectivity index (χ1v) is 2.51. The molecule has 0 saturated carbocycles. The Morgan fingerprint density at radius 3 is 2.38 bits per heavy atom. The summed E-state index contributed by atoms with van der Waals surface area (Å²) in [4.78, 5) is 0. The Labute approximate surface area is 51.5 Å². The summed E-state index contributed by atoms with van der Waals surface area (Å²) in [6, 6.07) is 0. The Balaban J connectivity index is 0. The smallest absolute Gasteiger partial charge is 0.0463 e. The highest BCUT2D eigenvalue weighted by Crippen LogP contribution is 1.84. The number of ether oxygens (including phenoxy) is 1. The lowest BCUT2D eigenvalue weighted by Crippen LogP contribution is -1.89. The summed E-state index contributed by atoms with van der Waals surface area (Å²) >= 11 is 0. The van der Waals surface area contributed by atoms with E-state index >= 15 is 0 Å². The molecule has 0 heterocycles. The molecule has 0 rings (SSSR count). The molecule has 0 amide bonds.